The summed E-state index contributed by atoms with van der Waals surface area (Å²) in [6, 6.07) is 5.45. The molecule has 0 atom stereocenters. The standard InChI is InChI=1S/C13H13BrN2OS2/c1-8-12(19-7-15-8)6-16(2)13(17)10-4-3-9(14)5-11(10)18/h3-5,7,18H,6H2,1-2H3. The van der Waals surface area contributed by atoms with Crippen LogP contribution in [-0.2, 0) is 6.54 Å². The first-order chi connectivity index (χ1) is 8.99. The SMILES string of the molecule is Cc1ncsc1CN(C)C(=O)c1ccc(Br)cc1S. The van der Waals surface area contributed by atoms with E-state index in [-0.39, 0.29) is 5.91 Å². The Morgan fingerprint density at radius 3 is 2.84 bits per heavy atom. The van der Waals surface area contributed by atoms with Gasteiger partial charge in [-0.15, -0.1) is 24.0 Å². The average Bonchev–Trinajstić information content (AvgIpc) is 2.74. The fourth-order valence-corrected chi connectivity index (χ4v) is 3.33. The molecule has 1 heterocycles. The van der Waals surface area contributed by atoms with Crippen molar-refractivity contribution in [1.29, 1.82) is 0 Å². The molecule has 0 bridgehead atoms. The first-order valence-corrected chi connectivity index (χ1v) is 7.74. The summed E-state index contributed by atoms with van der Waals surface area (Å²) in [6.07, 6.45) is 0. The zero-order valence-electron chi connectivity index (χ0n) is 10.6. The van der Waals surface area contributed by atoms with Crippen molar-refractivity contribution in [1.82, 2.24) is 9.88 Å². The fourth-order valence-electron chi connectivity index (χ4n) is 1.66. The molecule has 100 valence electrons. The van der Waals surface area contributed by atoms with Crippen LogP contribution in [0.4, 0.5) is 0 Å². The zero-order chi connectivity index (χ0) is 14.0. The number of aromatic nitrogens is 1. The van der Waals surface area contributed by atoms with Gasteiger partial charge in [0, 0.05) is 21.3 Å². The van der Waals surface area contributed by atoms with Crippen molar-refractivity contribution in [3.8, 4) is 0 Å². The molecule has 2 aromatic rings. The molecule has 3 nitrogen and oxygen atoms in total. The third kappa shape index (κ3) is 3.38. The zero-order valence-corrected chi connectivity index (χ0v) is 13.8. The second-order valence-electron chi connectivity index (χ2n) is 4.18. The predicted octanol–water partition coefficient (Wildman–Crippen LogP) is 3.77. The molecule has 0 fully saturated rings. The van der Waals surface area contributed by atoms with Crippen LogP contribution in [0.5, 0.6) is 0 Å². The minimum absolute atomic E-state index is 0.0368. The summed E-state index contributed by atoms with van der Waals surface area (Å²) in [4.78, 5) is 20.0. The van der Waals surface area contributed by atoms with Crippen molar-refractivity contribution in [2.24, 2.45) is 0 Å². The highest BCUT2D eigenvalue weighted by Crippen LogP contribution is 2.22. The number of hydrogen-bond donors (Lipinski definition) is 1. The normalized spacial score (nSPS) is 10.5. The lowest BCUT2D eigenvalue weighted by Crippen LogP contribution is -2.26. The molecule has 0 saturated heterocycles. The van der Waals surface area contributed by atoms with Crippen molar-refractivity contribution >= 4 is 45.8 Å². The molecule has 2 rings (SSSR count). The number of amides is 1. The lowest BCUT2D eigenvalue weighted by atomic mass is 10.2. The number of rotatable bonds is 3. The molecule has 0 aliphatic carbocycles. The van der Waals surface area contributed by atoms with Gasteiger partial charge in [-0.2, -0.15) is 0 Å². The highest BCUT2D eigenvalue weighted by atomic mass is 79.9. The maximum atomic E-state index is 12.4. The molecule has 0 unspecified atom stereocenters. The fraction of sp³-hybridized carbons (Fsp3) is 0.231. The van der Waals surface area contributed by atoms with E-state index in [0.29, 0.717) is 17.0 Å². The van der Waals surface area contributed by atoms with Crippen LogP contribution in [0.25, 0.3) is 0 Å². The molecule has 19 heavy (non-hydrogen) atoms. The minimum Gasteiger partial charge on any atom is -0.336 e. The molecule has 0 saturated carbocycles. The lowest BCUT2D eigenvalue weighted by molar-refractivity contribution is 0.0783. The van der Waals surface area contributed by atoms with Gasteiger partial charge in [-0.1, -0.05) is 15.9 Å². The van der Waals surface area contributed by atoms with Gasteiger partial charge in [-0.25, -0.2) is 4.98 Å². The number of nitrogens with zero attached hydrogens (tertiary/aromatic N) is 2. The summed E-state index contributed by atoms with van der Waals surface area (Å²) in [6.45, 7) is 2.52. The van der Waals surface area contributed by atoms with E-state index in [4.69, 9.17) is 0 Å². The summed E-state index contributed by atoms with van der Waals surface area (Å²) >= 11 is 9.27. The molecular formula is C13H13BrN2OS2. The Morgan fingerprint density at radius 2 is 2.26 bits per heavy atom. The second kappa shape index (κ2) is 6.07. The molecule has 1 aromatic carbocycles. The van der Waals surface area contributed by atoms with Crippen molar-refractivity contribution in [3.63, 3.8) is 0 Å². The van der Waals surface area contributed by atoms with Gasteiger partial charge in [-0.3, -0.25) is 4.79 Å². The molecule has 1 amide bonds. The van der Waals surface area contributed by atoms with E-state index in [1.807, 2.05) is 19.1 Å². The first-order valence-electron chi connectivity index (χ1n) is 5.62. The molecule has 0 aliphatic heterocycles. The molecule has 0 aliphatic rings. The monoisotopic (exact) mass is 356 g/mol. The number of carbonyl (C=O) groups excluding carboxylic acids is 1. The van der Waals surface area contributed by atoms with Crippen LogP contribution in [0.15, 0.2) is 33.1 Å². The molecule has 0 radical (unpaired) electrons. The Kier molecular flexibility index (Phi) is 4.65. The Labute approximate surface area is 130 Å². The van der Waals surface area contributed by atoms with Crippen LogP contribution < -0.4 is 0 Å². The Balaban J connectivity index is 2.17. The maximum absolute atomic E-state index is 12.4. The molecule has 0 N–H and O–H groups in total. The van der Waals surface area contributed by atoms with Gasteiger partial charge < -0.3 is 4.90 Å². The predicted molar refractivity (Wildman–Crippen MR) is 84.0 cm³/mol. The number of carbonyl (C=O) groups is 1. The molecule has 1 aromatic heterocycles. The number of thiol groups is 1. The third-order valence-electron chi connectivity index (χ3n) is 2.76. The van der Waals surface area contributed by atoms with Crippen LogP contribution in [0.3, 0.4) is 0 Å². The van der Waals surface area contributed by atoms with Crippen molar-refractivity contribution in [2.75, 3.05) is 7.05 Å². The van der Waals surface area contributed by atoms with Gasteiger partial charge in [0.05, 0.1) is 23.3 Å². The number of halogens is 1. The Bertz CT molecular complexity index is 612. The van der Waals surface area contributed by atoms with Crippen LogP contribution in [0.1, 0.15) is 20.9 Å². The van der Waals surface area contributed by atoms with Gasteiger partial charge in [0.15, 0.2) is 0 Å². The van der Waals surface area contributed by atoms with Crippen molar-refractivity contribution in [2.45, 2.75) is 18.4 Å². The number of benzene rings is 1. The van der Waals surface area contributed by atoms with Crippen molar-refractivity contribution < 1.29 is 4.79 Å². The summed E-state index contributed by atoms with van der Waals surface area (Å²) in [5.74, 6) is -0.0368. The average molecular weight is 357 g/mol. The quantitative estimate of drug-likeness (QED) is 0.849. The Morgan fingerprint density at radius 1 is 1.53 bits per heavy atom. The van der Waals surface area contributed by atoms with Gasteiger partial charge in [-0.05, 0) is 25.1 Å². The van der Waals surface area contributed by atoms with Crippen molar-refractivity contribution in [3.05, 3.63) is 44.3 Å². The third-order valence-corrected chi connectivity index (χ3v) is 4.55. The van der Waals surface area contributed by atoms with E-state index in [1.165, 1.54) is 0 Å². The highest BCUT2D eigenvalue weighted by Gasteiger charge is 2.16. The molecular weight excluding hydrogens is 344 g/mol. The number of aryl methyl sites for hydroxylation is 1. The second-order valence-corrected chi connectivity index (χ2v) is 6.52. The van der Waals surface area contributed by atoms with Gasteiger partial charge in [0.1, 0.15) is 0 Å². The largest absolute Gasteiger partial charge is 0.336 e. The van der Waals surface area contributed by atoms with Crippen LogP contribution in [0.2, 0.25) is 0 Å². The van der Waals surface area contributed by atoms with E-state index in [9.17, 15) is 4.79 Å². The maximum Gasteiger partial charge on any atom is 0.255 e. The number of hydrogen-bond acceptors (Lipinski definition) is 4. The van der Waals surface area contributed by atoms with E-state index >= 15 is 0 Å². The van der Waals surface area contributed by atoms with E-state index in [0.717, 1.165) is 15.0 Å². The highest BCUT2D eigenvalue weighted by molar-refractivity contribution is 9.10. The minimum atomic E-state index is -0.0368. The van der Waals surface area contributed by atoms with Gasteiger partial charge >= 0.3 is 0 Å². The number of thiazole rings is 1. The summed E-state index contributed by atoms with van der Waals surface area (Å²) in [5, 5.41) is 0. The van der Waals surface area contributed by atoms with Crippen LogP contribution in [0, 0.1) is 6.92 Å². The van der Waals surface area contributed by atoms with E-state index in [2.05, 4.69) is 33.5 Å². The topological polar surface area (TPSA) is 33.2 Å². The lowest BCUT2D eigenvalue weighted by Gasteiger charge is -2.17. The summed E-state index contributed by atoms with van der Waals surface area (Å²) in [5.41, 5.74) is 3.38. The van der Waals surface area contributed by atoms with E-state index in [1.54, 1.807) is 34.9 Å². The Hall–Kier alpha value is -0.850. The first kappa shape index (κ1) is 14.6. The van der Waals surface area contributed by atoms with Crippen LogP contribution >= 0.6 is 39.9 Å². The summed E-state index contributed by atoms with van der Waals surface area (Å²) < 4.78 is 0.912. The van der Waals surface area contributed by atoms with E-state index < -0.39 is 0 Å². The summed E-state index contributed by atoms with van der Waals surface area (Å²) in [7, 11) is 1.79. The van der Waals surface area contributed by atoms with Gasteiger partial charge in [0.2, 0.25) is 0 Å². The van der Waals surface area contributed by atoms with Gasteiger partial charge in [0.25, 0.3) is 5.91 Å². The smallest absolute Gasteiger partial charge is 0.255 e. The van der Waals surface area contributed by atoms with Crippen LogP contribution in [-0.4, -0.2) is 22.8 Å². The molecule has 6 heteroatoms. The molecule has 0 spiro atoms.